The number of nitrogens with one attached hydrogen (secondary N) is 1. The van der Waals surface area contributed by atoms with Crippen molar-refractivity contribution < 1.29 is 4.79 Å². The van der Waals surface area contributed by atoms with Gasteiger partial charge in [-0.2, -0.15) is 5.26 Å². The zero-order valence-corrected chi connectivity index (χ0v) is 13.5. The van der Waals surface area contributed by atoms with Gasteiger partial charge in [0, 0.05) is 32.1 Å². The number of carbonyl (C=O) groups is 1. The lowest BCUT2D eigenvalue weighted by atomic mass is 9.89. The average Bonchev–Trinajstić information content (AvgIpc) is 2.59. The van der Waals surface area contributed by atoms with Crippen LogP contribution in [-0.2, 0) is 11.3 Å². The first-order valence-electron chi connectivity index (χ1n) is 8.18. The van der Waals surface area contributed by atoms with Gasteiger partial charge in [0.25, 0.3) is 0 Å². The van der Waals surface area contributed by atoms with Gasteiger partial charge in [-0.25, -0.2) is 0 Å². The van der Waals surface area contributed by atoms with Crippen molar-refractivity contribution in [2.45, 2.75) is 45.7 Å². The molecule has 0 radical (unpaired) electrons. The van der Waals surface area contributed by atoms with E-state index in [0.717, 1.165) is 32.5 Å². The molecule has 1 amide bonds. The van der Waals surface area contributed by atoms with Gasteiger partial charge in [0.1, 0.15) is 0 Å². The van der Waals surface area contributed by atoms with Crippen LogP contribution >= 0.6 is 0 Å². The number of nitrogens with zero attached hydrogens (tertiary/aromatic N) is 2. The molecular weight excluding hydrogens is 274 g/mol. The highest BCUT2D eigenvalue weighted by Crippen LogP contribution is 2.21. The first kappa shape index (κ1) is 16.5. The minimum atomic E-state index is 0.268. The van der Waals surface area contributed by atoms with Crippen LogP contribution in [0, 0.1) is 17.2 Å². The van der Waals surface area contributed by atoms with Crippen molar-refractivity contribution in [3.63, 3.8) is 0 Å². The van der Waals surface area contributed by atoms with Gasteiger partial charge in [-0.15, -0.1) is 0 Å². The third-order valence-corrected chi connectivity index (χ3v) is 4.56. The molecule has 1 aliphatic rings. The predicted octanol–water partition coefficient (Wildman–Crippen LogP) is 2.68. The topological polar surface area (TPSA) is 56.1 Å². The van der Waals surface area contributed by atoms with Crippen LogP contribution in [0.15, 0.2) is 24.3 Å². The Morgan fingerprint density at radius 3 is 2.68 bits per heavy atom. The molecule has 0 unspecified atom stereocenters. The second kappa shape index (κ2) is 7.95. The van der Waals surface area contributed by atoms with E-state index in [1.54, 1.807) is 0 Å². The quantitative estimate of drug-likeness (QED) is 0.909. The maximum atomic E-state index is 11.9. The summed E-state index contributed by atoms with van der Waals surface area (Å²) in [4.78, 5) is 13.9. The van der Waals surface area contributed by atoms with Crippen LogP contribution in [0.5, 0.6) is 0 Å². The van der Waals surface area contributed by atoms with Crippen molar-refractivity contribution in [3.05, 3.63) is 35.4 Å². The van der Waals surface area contributed by atoms with Crippen molar-refractivity contribution in [1.29, 1.82) is 5.26 Å². The van der Waals surface area contributed by atoms with Gasteiger partial charge >= 0.3 is 0 Å². The van der Waals surface area contributed by atoms with E-state index in [-0.39, 0.29) is 5.91 Å². The van der Waals surface area contributed by atoms with Crippen molar-refractivity contribution in [2.24, 2.45) is 5.92 Å². The Bertz CT molecular complexity index is 532. The maximum Gasteiger partial charge on any atom is 0.222 e. The van der Waals surface area contributed by atoms with E-state index in [0.29, 0.717) is 23.9 Å². The summed E-state index contributed by atoms with van der Waals surface area (Å²) in [5, 5.41) is 12.5. The number of hydrogen-bond donors (Lipinski definition) is 1. The van der Waals surface area contributed by atoms with Crippen LogP contribution < -0.4 is 5.32 Å². The summed E-state index contributed by atoms with van der Waals surface area (Å²) in [6.45, 7) is 6.66. The summed E-state index contributed by atoms with van der Waals surface area (Å²) in [5.41, 5.74) is 1.89. The van der Waals surface area contributed by atoms with Crippen LogP contribution in [0.3, 0.4) is 0 Å². The molecule has 0 spiro atoms. The highest BCUT2D eigenvalue weighted by atomic mass is 16.2. The fraction of sp³-hybridized carbons (Fsp3) is 0.556. The van der Waals surface area contributed by atoms with Crippen LogP contribution in [0.25, 0.3) is 0 Å². The summed E-state index contributed by atoms with van der Waals surface area (Å²) in [5.74, 6) is 0.784. The van der Waals surface area contributed by atoms with Crippen molar-refractivity contribution in [2.75, 3.05) is 13.1 Å². The standard InChI is InChI=1S/C18H25N3O/c1-3-16-13-21(18(22)4-2)10-9-17(16)20-12-15-7-5-14(11-19)6-8-15/h5-8,16-17,20H,3-4,9-10,12-13H2,1-2H3/t16-,17+/m1/s1. The zero-order valence-electron chi connectivity index (χ0n) is 13.5. The largest absolute Gasteiger partial charge is 0.342 e. The van der Waals surface area contributed by atoms with E-state index in [4.69, 9.17) is 5.26 Å². The molecule has 0 bridgehead atoms. The minimum absolute atomic E-state index is 0.268. The third kappa shape index (κ3) is 4.08. The smallest absolute Gasteiger partial charge is 0.222 e. The first-order chi connectivity index (χ1) is 10.7. The van der Waals surface area contributed by atoms with Crippen molar-refractivity contribution in [1.82, 2.24) is 10.2 Å². The lowest BCUT2D eigenvalue weighted by Gasteiger charge is -2.38. The zero-order chi connectivity index (χ0) is 15.9. The molecule has 2 atom stereocenters. The molecular formula is C18H25N3O. The number of carbonyl (C=O) groups excluding carboxylic acids is 1. The third-order valence-electron chi connectivity index (χ3n) is 4.56. The molecule has 1 aromatic carbocycles. The fourth-order valence-corrected chi connectivity index (χ4v) is 3.11. The van der Waals surface area contributed by atoms with Crippen molar-refractivity contribution >= 4 is 5.91 Å². The van der Waals surface area contributed by atoms with Gasteiger partial charge in [-0.3, -0.25) is 4.79 Å². The second-order valence-corrected chi connectivity index (χ2v) is 5.95. The number of rotatable bonds is 5. The fourth-order valence-electron chi connectivity index (χ4n) is 3.11. The summed E-state index contributed by atoms with van der Waals surface area (Å²) in [6.07, 6.45) is 2.69. The van der Waals surface area contributed by atoms with E-state index in [1.165, 1.54) is 5.56 Å². The SMILES string of the molecule is CCC(=O)N1CC[C@H](NCc2ccc(C#N)cc2)[C@H](CC)C1. The van der Waals surface area contributed by atoms with Gasteiger partial charge in [-0.05, 0) is 30.0 Å². The Kier molecular flexibility index (Phi) is 5.97. The van der Waals surface area contributed by atoms with E-state index in [1.807, 2.05) is 36.1 Å². The lowest BCUT2D eigenvalue weighted by molar-refractivity contribution is -0.133. The highest BCUT2D eigenvalue weighted by Gasteiger charge is 2.29. The van der Waals surface area contributed by atoms with Crippen LogP contribution in [0.2, 0.25) is 0 Å². The number of nitriles is 1. The molecule has 1 aliphatic heterocycles. The van der Waals surface area contributed by atoms with Crippen molar-refractivity contribution in [3.8, 4) is 6.07 Å². The molecule has 1 aromatic rings. The molecule has 4 heteroatoms. The highest BCUT2D eigenvalue weighted by molar-refractivity contribution is 5.75. The summed E-state index contributed by atoms with van der Waals surface area (Å²) in [7, 11) is 0. The van der Waals surface area contributed by atoms with Gasteiger partial charge in [0.2, 0.25) is 5.91 Å². The van der Waals surface area contributed by atoms with Crippen LogP contribution in [0.1, 0.15) is 44.2 Å². The molecule has 4 nitrogen and oxygen atoms in total. The number of piperidine rings is 1. The number of amides is 1. The first-order valence-corrected chi connectivity index (χ1v) is 8.18. The van der Waals surface area contributed by atoms with E-state index < -0.39 is 0 Å². The molecule has 118 valence electrons. The molecule has 1 heterocycles. The summed E-state index contributed by atoms with van der Waals surface area (Å²) < 4.78 is 0. The summed E-state index contributed by atoms with van der Waals surface area (Å²) >= 11 is 0. The van der Waals surface area contributed by atoms with Crippen LogP contribution in [-0.4, -0.2) is 29.9 Å². The number of hydrogen-bond acceptors (Lipinski definition) is 3. The van der Waals surface area contributed by atoms with Gasteiger partial charge < -0.3 is 10.2 Å². The molecule has 22 heavy (non-hydrogen) atoms. The van der Waals surface area contributed by atoms with E-state index in [9.17, 15) is 4.79 Å². The van der Waals surface area contributed by atoms with Gasteiger partial charge in [0.15, 0.2) is 0 Å². The molecule has 1 fully saturated rings. The molecule has 0 saturated carbocycles. The molecule has 1 N–H and O–H groups in total. The monoisotopic (exact) mass is 299 g/mol. The Balaban J connectivity index is 1.89. The van der Waals surface area contributed by atoms with Gasteiger partial charge in [0.05, 0.1) is 11.6 Å². The Morgan fingerprint density at radius 2 is 2.09 bits per heavy atom. The Hall–Kier alpha value is -1.86. The Morgan fingerprint density at radius 1 is 1.36 bits per heavy atom. The second-order valence-electron chi connectivity index (χ2n) is 5.95. The predicted molar refractivity (Wildman–Crippen MR) is 87.1 cm³/mol. The number of benzene rings is 1. The Labute approximate surface area is 133 Å². The number of likely N-dealkylation sites (tertiary alicyclic amines) is 1. The maximum absolute atomic E-state index is 11.9. The minimum Gasteiger partial charge on any atom is -0.342 e. The van der Waals surface area contributed by atoms with E-state index in [2.05, 4.69) is 18.3 Å². The molecule has 0 aliphatic carbocycles. The average molecular weight is 299 g/mol. The molecule has 2 rings (SSSR count). The van der Waals surface area contributed by atoms with E-state index >= 15 is 0 Å². The van der Waals surface area contributed by atoms with Gasteiger partial charge in [-0.1, -0.05) is 32.4 Å². The summed E-state index contributed by atoms with van der Waals surface area (Å²) in [6, 6.07) is 10.3. The molecule has 1 saturated heterocycles. The molecule has 0 aromatic heterocycles. The van der Waals surface area contributed by atoms with Crippen LogP contribution in [0.4, 0.5) is 0 Å². The lowest BCUT2D eigenvalue weighted by Crippen LogP contribution is -2.50. The normalized spacial score (nSPS) is 21.4.